The van der Waals surface area contributed by atoms with Crippen molar-refractivity contribution in [1.82, 2.24) is 14.5 Å². The third-order valence-corrected chi connectivity index (χ3v) is 7.01. The van der Waals surface area contributed by atoms with E-state index in [1.54, 1.807) is 54.1 Å². The Morgan fingerprint density at radius 2 is 1.54 bits per heavy atom. The number of aromatic nitrogens is 2. The summed E-state index contributed by atoms with van der Waals surface area (Å²) in [5, 5.41) is 1.06. The first-order chi connectivity index (χ1) is 17.1. The highest BCUT2D eigenvalue weighted by atomic mass is 32.2. The molecule has 35 heavy (non-hydrogen) atoms. The van der Waals surface area contributed by atoms with Crippen LogP contribution in [-0.4, -0.2) is 45.7 Å². The van der Waals surface area contributed by atoms with Gasteiger partial charge in [-0.1, -0.05) is 60.3 Å². The van der Waals surface area contributed by atoms with E-state index in [1.165, 1.54) is 16.7 Å². The maximum absolute atomic E-state index is 13.4. The predicted octanol–water partition coefficient (Wildman–Crippen LogP) is 4.23. The van der Waals surface area contributed by atoms with Gasteiger partial charge in [-0.25, -0.2) is 4.98 Å². The number of hydrogen-bond acceptors (Lipinski definition) is 6. The van der Waals surface area contributed by atoms with Gasteiger partial charge in [0.25, 0.3) is 17.4 Å². The van der Waals surface area contributed by atoms with Crippen LogP contribution in [0.5, 0.6) is 5.75 Å². The van der Waals surface area contributed by atoms with E-state index in [1.807, 2.05) is 30.3 Å². The molecule has 7 nitrogen and oxygen atoms in total. The molecular formula is C27H23N3O4S. The highest BCUT2D eigenvalue weighted by molar-refractivity contribution is 7.99. The summed E-state index contributed by atoms with van der Waals surface area (Å²) in [5.41, 5.74) is 2.27. The fourth-order valence-corrected chi connectivity index (χ4v) is 5.12. The van der Waals surface area contributed by atoms with E-state index in [0.717, 1.165) is 5.56 Å². The monoisotopic (exact) mass is 485 g/mol. The fourth-order valence-electron chi connectivity index (χ4n) is 4.21. The smallest absolute Gasteiger partial charge is 0.262 e. The zero-order valence-electron chi connectivity index (χ0n) is 19.1. The molecule has 0 atom stereocenters. The van der Waals surface area contributed by atoms with Crippen molar-refractivity contribution < 1.29 is 14.3 Å². The Morgan fingerprint density at radius 3 is 2.23 bits per heavy atom. The Kier molecular flexibility index (Phi) is 6.37. The summed E-state index contributed by atoms with van der Waals surface area (Å²) >= 11 is 1.43. The molecule has 176 valence electrons. The highest BCUT2D eigenvalue weighted by Gasteiger charge is 2.34. The number of carbonyl (C=O) groups excluding carboxylic acids is 2. The minimum Gasteiger partial charge on any atom is -0.494 e. The SMILES string of the molecule is COc1cccc2c(=O)n(Cc3ccccc3)c(SCCCN3C(=O)c4ccccc4C3=O)nc12. The molecule has 0 bridgehead atoms. The molecule has 8 heteroatoms. The normalized spacial score (nSPS) is 12.9. The van der Waals surface area contributed by atoms with E-state index in [9.17, 15) is 14.4 Å². The molecule has 3 aromatic carbocycles. The van der Waals surface area contributed by atoms with E-state index in [-0.39, 0.29) is 17.4 Å². The number of amides is 2. The van der Waals surface area contributed by atoms with Gasteiger partial charge < -0.3 is 4.74 Å². The molecule has 1 aliphatic rings. The molecule has 0 aliphatic carbocycles. The van der Waals surface area contributed by atoms with Gasteiger partial charge in [-0.2, -0.15) is 0 Å². The third-order valence-electron chi connectivity index (χ3n) is 5.95. The molecule has 5 rings (SSSR count). The number of benzene rings is 3. The molecule has 4 aromatic rings. The number of thioether (sulfide) groups is 1. The molecule has 0 saturated carbocycles. The van der Waals surface area contributed by atoms with Gasteiger partial charge in [0.05, 0.1) is 30.2 Å². The van der Waals surface area contributed by atoms with Crippen LogP contribution in [-0.2, 0) is 6.54 Å². The van der Waals surface area contributed by atoms with Crippen molar-refractivity contribution in [2.75, 3.05) is 19.4 Å². The summed E-state index contributed by atoms with van der Waals surface area (Å²) in [6.07, 6.45) is 0.571. The molecule has 0 unspecified atom stereocenters. The van der Waals surface area contributed by atoms with Crippen LogP contribution in [0, 0.1) is 0 Å². The van der Waals surface area contributed by atoms with Gasteiger partial charge in [0.1, 0.15) is 11.3 Å². The van der Waals surface area contributed by atoms with Gasteiger partial charge in [0, 0.05) is 12.3 Å². The van der Waals surface area contributed by atoms with Crippen LogP contribution in [0.3, 0.4) is 0 Å². The number of hydrogen-bond donors (Lipinski definition) is 0. The molecule has 1 aromatic heterocycles. The first-order valence-electron chi connectivity index (χ1n) is 11.3. The third kappa shape index (κ3) is 4.33. The first-order valence-corrected chi connectivity index (χ1v) is 12.3. The van der Waals surface area contributed by atoms with Crippen LogP contribution in [0.1, 0.15) is 32.7 Å². The van der Waals surface area contributed by atoms with Crippen molar-refractivity contribution in [2.45, 2.75) is 18.1 Å². The lowest BCUT2D eigenvalue weighted by Gasteiger charge is -2.16. The Morgan fingerprint density at radius 1 is 0.857 bits per heavy atom. The predicted molar refractivity (Wildman–Crippen MR) is 135 cm³/mol. The summed E-state index contributed by atoms with van der Waals surface area (Å²) in [6, 6.07) is 22.0. The van der Waals surface area contributed by atoms with Crippen LogP contribution < -0.4 is 10.3 Å². The summed E-state index contributed by atoms with van der Waals surface area (Å²) in [7, 11) is 1.56. The topological polar surface area (TPSA) is 81.5 Å². The number of carbonyl (C=O) groups is 2. The molecule has 0 N–H and O–H groups in total. The zero-order chi connectivity index (χ0) is 24.4. The number of fused-ring (bicyclic) bond motifs is 2. The summed E-state index contributed by atoms with van der Waals surface area (Å²) in [5.74, 6) is 0.601. The average molecular weight is 486 g/mol. The minimum absolute atomic E-state index is 0.138. The lowest BCUT2D eigenvalue weighted by Crippen LogP contribution is -2.31. The van der Waals surface area contributed by atoms with Crippen LogP contribution in [0.25, 0.3) is 10.9 Å². The van der Waals surface area contributed by atoms with Crippen molar-refractivity contribution in [1.29, 1.82) is 0 Å². The second kappa shape index (κ2) is 9.76. The quantitative estimate of drug-likeness (QED) is 0.161. The summed E-state index contributed by atoms with van der Waals surface area (Å²) in [6.45, 7) is 0.694. The standard InChI is InChI=1S/C27H23N3O4S/c1-34-22-14-7-13-21-23(22)28-27(30(26(21)33)17-18-9-3-2-4-10-18)35-16-8-15-29-24(31)19-11-5-6-12-20(19)25(29)32/h2-7,9-14H,8,15-17H2,1H3. The van der Waals surface area contributed by atoms with E-state index in [2.05, 4.69) is 0 Å². The Balaban J connectivity index is 1.38. The Hall–Kier alpha value is -3.91. The molecule has 2 amide bonds. The van der Waals surface area contributed by atoms with Crippen LogP contribution in [0.4, 0.5) is 0 Å². The molecular weight excluding hydrogens is 462 g/mol. The highest BCUT2D eigenvalue weighted by Crippen LogP contribution is 2.27. The molecule has 0 radical (unpaired) electrons. The largest absolute Gasteiger partial charge is 0.494 e. The minimum atomic E-state index is -0.259. The van der Waals surface area contributed by atoms with Gasteiger partial charge in [-0.3, -0.25) is 23.9 Å². The summed E-state index contributed by atoms with van der Waals surface area (Å²) in [4.78, 5) is 44.7. The number of methoxy groups -OCH3 is 1. The number of nitrogens with zero attached hydrogens (tertiary/aromatic N) is 3. The Bertz CT molecular complexity index is 1450. The van der Waals surface area contributed by atoms with E-state index < -0.39 is 0 Å². The molecule has 0 spiro atoms. The number of ether oxygens (including phenoxy) is 1. The molecule has 2 heterocycles. The van der Waals surface area contributed by atoms with Crippen LogP contribution in [0.2, 0.25) is 0 Å². The lowest BCUT2D eigenvalue weighted by atomic mass is 10.1. The molecule has 0 saturated heterocycles. The van der Waals surface area contributed by atoms with Gasteiger partial charge in [-0.15, -0.1) is 0 Å². The average Bonchev–Trinajstić information content (AvgIpc) is 3.13. The number of imide groups is 1. The van der Waals surface area contributed by atoms with Crippen molar-refractivity contribution in [3.8, 4) is 5.75 Å². The number of rotatable bonds is 8. The van der Waals surface area contributed by atoms with Gasteiger partial charge >= 0.3 is 0 Å². The fraction of sp³-hybridized carbons (Fsp3) is 0.185. The van der Waals surface area contributed by atoms with Gasteiger partial charge in [0.15, 0.2) is 5.16 Å². The number of para-hydroxylation sites is 1. The maximum atomic E-state index is 13.4. The van der Waals surface area contributed by atoms with Gasteiger partial charge in [-0.05, 0) is 36.2 Å². The molecule has 1 aliphatic heterocycles. The van der Waals surface area contributed by atoms with Crippen molar-refractivity contribution >= 4 is 34.5 Å². The zero-order valence-corrected chi connectivity index (χ0v) is 20.0. The lowest BCUT2D eigenvalue weighted by molar-refractivity contribution is 0.0655. The van der Waals surface area contributed by atoms with E-state index >= 15 is 0 Å². The van der Waals surface area contributed by atoms with Crippen LogP contribution >= 0.6 is 11.8 Å². The van der Waals surface area contributed by atoms with Gasteiger partial charge in [0.2, 0.25) is 0 Å². The van der Waals surface area contributed by atoms with Crippen LogP contribution in [0.15, 0.2) is 82.7 Å². The first kappa shape index (κ1) is 22.9. The van der Waals surface area contributed by atoms with Crippen molar-refractivity contribution in [3.05, 3.63) is 99.8 Å². The molecule has 0 fully saturated rings. The van der Waals surface area contributed by atoms with E-state index in [0.29, 0.717) is 58.2 Å². The van der Waals surface area contributed by atoms with E-state index in [4.69, 9.17) is 9.72 Å². The Labute approximate surface area is 206 Å². The second-order valence-corrected chi connectivity index (χ2v) is 9.20. The van der Waals surface area contributed by atoms with Crippen molar-refractivity contribution in [3.63, 3.8) is 0 Å². The second-order valence-electron chi connectivity index (χ2n) is 8.14. The maximum Gasteiger partial charge on any atom is 0.262 e. The summed E-state index contributed by atoms with van der Waals surface area (Å²) < 4.78 is 7.11. The van der Waals surface area contributed by atoms with Crippen molar-refractivity contribution in [2.24, 2.45) is 0 Å².